The molecule has 4 heteroatoms. The first-order valence-corrected chi connectivity index (χ1v) is 26.8. The Morgan fingerprint density at radius 3 is 1.56 bits per heavy atom. The Morgan fingerprint density at radius 1 is 0.394 bits per heavy atom. The maximum absolute atomic E-state index is 7.57. The molecule has 0 saturated carbocycles. The highest BCUT2D eigenvalue weighted by Gasteiger charge is 2.49. The highest BCUT2D eigenvalue weighted by molar-refractivity contribution is 7.01. The van der Waals surface area contributed by atoms with Crippen molar-refractivity contribution in [3.05, 3.63) is 160 Å². The van der Waals surface area contributed by atoms with Crippen LogP contribution in [0.15, 0.2) is 126 Å². The molecule has 3 heterocycles. The van der Waals surface area contributed by atoms with Crippen molar-refractivity contribution in [1.82, 2.24) is 0 Å². The summed E-state index contributed by atoms with van der Waals surface area (Å²) in [6, 6.07) is 47.8. The molecular weight excluding hydrogens is 860 g/mol. The van der Waals surface area contributed by atoms with Crippen molar-refractivity contribution in [3.63, 3.8) is 0 Å². The molecule has 0 bridgehead atoms. The van der Waals surface area contributed by atoms with Crippen molar-refractivity contribution in [1.29, 1.82) is 0 Å². The van der Waals surface area contributed by atoms with Crippen molar-refractivity contribution in [2.45, 2.75) is 161 Å². The smallest absolute Gasteiger partial charge is 0.257 e. The average Bonchev–Trinajstić information content (AvgIpc) is 3.71. The van der Waals surface area contributed by atoms with Gasteiger partial charge in [0.05, 0.1) is 0 Å². The molecule has 2 aliphatic heterocycles. The zero-order valence-electron chi connectivity index (χ0n) is 44.7. The van der Waals surface area contributed by atoms with Crippen LogP contribution >= 0.6 is 0 Å². The van der Waals surface area contributed by atoms with Crippen LogP contribution in [-0.2, 0) is 32.5 Å². The van der Waals surface area contributed by atoms with Gasteiger partial charge >= 0.3 is 0 Å². The minimum Gasteiger partial charge on any atom is -0.457 e. The summed E-state index contributed by atoms with van der Waals surface area (Å²) in [6.45, 7) is 31.7. The summed E-state index contributed by atoms with van der Waals surface area (Å²) in [4.78, 5) is 5.30. The third-order valence-electron chi connectivity index (χ3n) is 19.2. The summed E-state index contributed by atoms with van der Waals surface area (Å²) < 4.78 is 7.57. The minimum atomic E-state index is -0.0998. The largest absolute Gasteiger partial charge is 0.457 e. The molecule has 1 aromatic heterocycles. The van der Waals surface area contributed by atoms with Gasteiger partial charge in [-0.2, -0.15) is 0 Å². The van der Waals surface area contributed by atoms with E-state index in [1.807, 2.05) is 0 Å². The number of aryl methyl sites for hydroxylation is 1. The Balaban J connectivity index is 1.20. The predicted molar refractivity (Wildman–Crippen MR) is 304 cm³/mol. The van der Waals surface area contributed by atoms with Crippen LogP contribution in [0.4, 0.5) is 34.1 Å². The van der Waals surface area contributed by atoms with Gasteiger partial charge in [-0.15, -0.1) is 0 Å². The van der Waals surface area contributed by atoms with Crippen molar-refractivity contribution < 1.29 is 4.42 Å². The predicted octanol–water partition coefficient (Wildman–Crippen LogP) is 16.7. The molecule has 13 rings (SSSR count). The minimum absolute atomic E-state index is 0.0150. The van der Waals surface area contributed by atoms with Crippen LogP contribution in [0.5, 0.6) is 0 Å². The van der Waals surface area contributed by atoms with Gasteiger partial charge in [0, 0.05) is 44.9 Å². The molecule has 7 aromatic carbocycles. The molecule has 0 unspecified atom stereocenters. The molecule has 358 valence electrons. The monoisotopic (exact) mass is 931 g/mol. The second-order valence-electron chi connectivity index (χ2n) is 26.5. The van der Waals surface area contributed by atoms with E-state index in [1.165, 1.54) is 131 Å². The molecule has 0 N–H and O–H groups in total. The Kier molecular flexibility index (Phi) is 9.22. The van der Waals surface area contributed by atoms with Crippen LogP contribution in [0.25, 0.3) is 33.1 Å². The third kappa shape index (κ3) is 6.41. The number of para-hydroxylation sites is 1. The van der Waals surface area contributed by atoms with Crippen LogP contribution in [0.3, 0.4) is 0 Å². The Labute approximate surface area is 423 Å². The molecule has 0 spiro atoms. The zero-order chi connectivity index (χ0) is 49.5. The number of rotatable bonds is 3. The van der Waals surface area contributed by atoms with Gasteiger partial charge in [-0.25, -0.2) is 0 Å². The summed E-state index contributed by atoms with van der Waals surface area (Å²) >= 11 is 0. The quantitative estimate of drug-likeness (QED) is 0.165. The van der Waals surface area contributed by atoms with Crippen molar-refractivity contribution in [2.24, 2.45) is 0 Å². The van der Waals surface area contributed by atoms with Gasteiger partial charge in [0.15, 0.2) is 0 Å². The molecule has 0 radical (unpaired) electrons. The second-order valence-corrected chi connectivity index (χ2v) is 26.5. The van der Waals surface area contributed by atoms with Crippen LogP contribution in [0, 0.1) is 6.92 Å². The van der Waals surface area contributed by atoms with E-state index in [-0.39, 0.29) is 39.2 Å². The molecule has 8 aromatic rings. The van der Waals surface area contributed by atoms with Crippen molar-refractivity contribution >= 4 is 79.2 Å². The number of hydrogen-bond donors (Lipinski definition) is 0. The summed E-state index contributed by atoms with van der Waals surface area (Å²) in [5.74, 6) is 0. The molecule has 0 atom stereocenters. The lowest BCUT2D eigenvalue weighted by atomic mass is 9.32. The van der Waals surface area contributed by atoms with Gasteiger partial charge in [0.25, 0.3) is 6.71 Å². The van der Waals surface area contributed by atoms with E-state index in [2.05, 4.69) is 221 Å². The maximum atomic E-state index is 7.57. The average molecular weight is 931 g/mol. The van der Waals surface area contributed by atoms with E-state index in [9.17, 15) is 0 Å². The van der Waals surface area contributed by atoms with Gasteiger partial charge in [-0.3, -0.25) is 0 Å². The molecular formula is C67H71BN2O. The van der Waals surface area contributed by atoms with Gasteiger partial charge in [-0.05, 0) is 205 Å². The normalized spacial score (nSPS) is 20.2. The summed E-state index contributed by atoms with van der Waals surface area (Å²) in [7, 11) is 0. The van der Waals surface area contributed by atoms with Gasteiger partial charge in [-0.1, -0.05) is 144 Å². The van der Waals surface area contributed by atoms with E-state index in [1.54, 1.807) is 0 Å². The van der Waals surface area contributed by atoms with E-state index in [0.29, 0.717) is 0 Å². The first-order valence-electron chi connectivity index (χ1n) is 26.8. The number of hydrogen-bond acceptors (Lipinski definition) is 3. The Morgan fingerprint density at radius 2 is 0.930 bits per heavy atom. The van der Waals surface area contributed by atoms with Crippen LogP contribution in [0.2, 0.25) is 0 Å². The summed E-state index contributed by atoms with van der Waals surface area (Å²) in [5.41, 5.74) is 26.2. The van der Waals surface area contributed by atoms with Gasteiger partial charge < -0.3 is 14.2 Å². The lowest BCUT2D eigenvalue weighted by Gasteiger charge is -2.48. The summed E-state index contributed by atoms with van der Waals surface area (Å²) in [6.07, 6.45) is 7.00. The number of nitrogens with zero attached hydrogens (tertiary/aromatic N) is 2. The molecule has 3 nitrogen and oxygen atoms in total. The van der Waals surface area contributed by atoms with Gasteiger partial charge in [0.1, 0.15) is 11.2 Å². The standard InChI is InChI=1S/C67H71BN2O/c1-40-19-17-18-22-53(40)70-54-26-24-44-45-36-48-51(67(12,13)32-29-64(48,6)7)39-58(45)71-61(44)60(54)68-52-37-49-50(66(10,11)31-30-65(49,8)9)38-55(52)69(43-23-25-46-47(35-43)63(4,5)28-27-62(46,2)3)56-33-42(34-57(70)59(56)68)41-20-15-14-16-21-41/h14-26,33-39H,27-32H2,1-13H3. The number of benzene rings is 7. The molecule has 0 fully saturated rings. The van der Waals surface area contributed by atoms with Crippen molar-refractivity contribution in [3.8, 4) is 11.1 Å². The van der Waals surface area contributed by atoms with E-state index >= 15 is 0 Å². The number of fused-ring (bicyclic) bond motifs is 11. The zero-order valence-corrected chi connectivity index (χ0v) is 44.7. The molecule has 0 saturated heterocycles. The second kappa shape index (κ2) is 14.6. The maximum Gasteiger partial charge on any atom is 0.257 e. The number of anilines is 6. The highest BCUT2D eigenvalue weighted by Crippen LogP contribution is 2.55. The van der Waals surface area contributed by atoms with Crippen LogP contribution < -0.4 is 26.2 Å². The highest BCUT2D eigenvalue weighted by atomic mass is 16.3. The topological polar surface area (TPSA) is 19.6 Å². The number of furan rings is 1. The lowest BCUT2D eigenvalue weighted by molar-refractivity contribution is 0.332. The fourth-order valence-electron chi connectivity index (χ4n) is 14.3. The van der Waals surface area contributed by atoms with E-state index in [0.717, 1.165) is 30.4 Å². The first kappa shape index (κ1) is 44.9. The van der Waals surface area contributed by atoms with Gasteiger partial charge in [0.2, 0.25) is 0 Å². The van der Waals surface area contributed by atoms with E-state index < -0.39 is 0 Å². The lowest BCUT2D eigenvalue weighted by Crippen LogP contribution is -2.62. The van der Waals surface area contributed by atoms with Crippen LogP contribution in [-0.4, -0.2) is 6.71 Å². The van der Waals surface area contributed by atoms with Crippen LogP contribution in [0.1, 0.15) is 161 Å². The fraction of sp³-hybridized carbons (Fsp3) is 0.373. The molecule has 0 amide bonds. The SMILES string of the molecule is Cc1ccccc1N1c2cc(-c3ccccc3)cc3c2B(c2cc4c(cc2N3c2ccc3c(c2)C(C)(C)CCC3(C)C)C(C)(C)CCC4(C)C)c2c1ccc1c2oc2cc3c(cc21)C(C)(C)CCC3(C)C. The molecule has 3 aliphatic carbocycles. The molecule has 5 aliphatic rings. The third-order valence-corrected chi connectivity index (χ3v) is 19.2. The first-order chi connectivity index (χ1) is 33.6. The Bertz CT molecular complexity index is 3580. The van der Waals surface area contributed by atoms with E-state index in [4.69, 9.17) is 4.42 Å². The Hall–Kier alpha value is -6.00. The van der Waals surface area contributed by atoms with Crippen molar-refractivity contribution in [2.75, 3.05) is 9.80 Å². The summed E-state index contributed by atoms with van der Waals surface area (Å²) in [5, 5.41) is 2.44. The molecule has 71 heavy (non-hydrogen) atoms. The fourth-order valence-corrected chi connectivity index (χ4v) is 14.3.